The summed E-state index contributed by atoms with van der Waals surface area (Å²) in [6, 6.07) is 4.99. The Morgan fingerprint density at radius 1 is 1.25 bits per heavy atom. The van der Waals surface area contributed by atoms with Gasteiger partial charge in [0, 0.05) is 31.1 Å². The lowest BCUT2D eigenvalue weighted by Gasteiger charge is -2.21. The average molecular weight is 278 g/mol. The van der Waals surface area contributed by atoms with Crippen LogP contribution < -0.4 is 20.1 Å². The van der Waals surface area contributed by atoms with Crippen LogP contribution in [0.4, 0.5) is 10.5 Å². The highest BCUT2D eigenvalue weighted by atomic mass is 16.7. The van der Waals surface area contributed by atoms with Crippen LogP contribution in [0.1, 0.15) is 25.7 Å². The standard InChI is InChI=1S/C14H18N2O4/c17-8-7-15-13(18)16-10-3-4-11-12(9-10)20-14(19-11)5-1-2-6-14/h3-4,9,17H,1-2,5-8H2,(H2,15,16,18). The monoisotopic (exact) mass is 278 g/mol. The number of fused-ring (bicyclic) bond motifs is 1. The predicted octanol–water partition coefficient (Wildman–Crippen LogP) is 1.84. The summed E-state index contributed by atoms with van der Waals surface area (Å²) in [5.74, 6) is 0.917. The van der Waals surface area contributed by atoms with Gasteiger partial charge in [-0.05, 0) is 25.0 Å². The van der Waals surface area contributed by atoms with Crippen LogP contribution >= 0.6 is 0 Å². The number of urea groups is 1. The van der Waals surface area contributed by atoms with Gasteiger partial charge in [-0.25, -0.2) is 4.79 Å². The molecule has 1 aromatic rings. The number of rotatable bonds is 3. The van der Waals surface area contributed by atoms with Gasteiger partial charge >= 0.3 is 6.03 Å². The first kappa shape index (κ1) is 13.1. The van der Waals surface area contributed by atoms with E-state index in [1.54, 1.807) is 12.1 Å². The number of hydrogen-bond donors (Lipinski definition) is 3. The molecule has 1 saturated carbocycles. The predicted molar refractivity (Wildman–Crippen MR) is 73.0 cm³/mol. The number of ether oxygens (including phenoxy) is 2. The molecular weight excluding hydrogens is 260 g/mol. The first-order valence-corrected chi connectivity index (χ1v) is 6.89. The van der Waals surface area contributed by atoms with Crippen molar-refractivity contribution < 1.29 is 19.4 Å². The molecule has 0 aromatic heterocycles. The van der Waals surface area contributed by atoms with Crippen LogP contribution in [0.3, 0.4) is 0 Å². The molecular formula is C14H18N2O4. The summed E-state index contributed by atoms with van der Waals surface area (Å²) in [7, 11) is 0. The molecule has 3 rings (SSSR count). The first-order valence-electron chi connectivity index (χ1n) is 6.89. The number of carbonyl (C=O) groups excluding carboxylic acids is 1. The Hall–Kier alpha value is -1.95. The number of carbonyl (C=O) groups is 1. The highest BCUT2D eigenvalue weighted by Crippen LogP contribution is 2.47. The third-order valence-electron chi connectivity index (χ3n) is 3.56. The number of hydrogen-bond acceptors (Lipinski definition) is 4. The molecule has 1 aliphatic heterocycles. The number of benzene rings is 1. The zero-order valence-corrected chi connectivity index (χ0v) is 11.1. The van der Waals surface area contributed by atoms with Crippen molar-refractivity contribution in [1.82, 2.24) is 5.32 Å². The van der Waals surface area contributed by atoms with Crippen molar-refractivity contribution in [3.8, 4) is 11.5 Å². The largest absolute Gasteiger partial charge is 0.448 e. The van der Waals surface area contributed by atoms with E-state index in [2.05, 4.69) is 10.6 Å². The second-order valence-corrected chi connectivity index (χ2v) is 5.09. The maximum atomic E-state index is 11.5. The van der Waals surface area contributed by atoms with Gasteiger partial charge in [0.05, 0.1) is 6.61 Å². The van der Waals surface area contributed by atoms with Gasteiger partial charge in [-0.15, -0.1) is 0 Å². The molecule has 0 atom stereocenters. The van der Waals surface area contributed by atoms with Gasteiger partial charge in [-0.1, -0.05) is 0 Å². The summed E-state index contributed by atoms with van der Waals surface area (Å²) in [6.45, 7) is 0.135. The molecule has 6 heteroatoms. The second-order valence-electron chi connectivity index (χ2n) is 5.09. The van der Waals surface area contributed by atoms with E-state index in [0.717, 1.165) is 31.4 Å². The lowest BCUT2D eigenvalue weighted by molar-refractivity contribution is -0.0716. The summed E-state index contributed by atoms with van der Waals surface area (Å²) in [5, 5.41) is 13.9. The molecule has 2 aliphatic rings. The number of nitrogens with one attached hydrogen (secondary N) is 2. The number of aliphatic hydroxyl groups excluding tert-OH is 1. The molecule has 0 saturated heterocycles. The van der Waals surface area contributed by atoms with E-state index in [9.17, 15) is 4.79 Å². The fraction of sp³-hybridized carbons (Fsp3) is 0.500. The fourth-order valence-corrected chi connectivity index (χ4v) is 2.63. The Balaban J connectivity index is 1.67. The molecule has 6 nitrogen and oxygen atoms in total. The van der Waals surface area contributed by atoms with Gasteiger partial charge in [-0.2, -0.15) is 0 Å². The third-order valence-corrected chi connectivity index (χ3v) is 3.56. The van der Waals surface area contributed by atoms with Gasteiger partial charge in [-0.3, -0.25) is 0 Å². The van der Waals surface area contributed by atoms with Crippen LogP contribution in [0.2, 0.25) is 0 Å². The van der Waals surface area contributed by atoms with Gasteiger partial charge in [0.2, 0.25) is 0 Å². The Kier molecular flexibility index (Phi) is 3.40. The van der Waals surface area contributed by atoms with Gasteiger partial charge in [0.15, 0.2) is 11.5 Å². The molecule has 0 bridgehead atoms. The highest BCUT2D eigenvalue weighted by Gasteiger charge is 2.44. The van der Waals surface area contributed by atoms with E-state index in [1.807, 2.05) is 6.07 Å². The minimum atomic E-state index is -0.486. The minimum absolute atomic E-state index is 0.0862. The van der Waals surface area contributed by atoms with Crippen molar-refractivity contribution >= 4 is 11.7 Å². The molecule has 108 valence electrons. The number of amides is 2. The van der Waals surface area contributed by atoms with Crippen molar-refractivity contribution in [2.45, 2.75) is 31.5 Å². The normalized spacial score (nSPS) is 18.2. The smallest absolute Gasteiger partial charge is 0.319 e. The Morgan fingerprint density at radius 3 is 2.75 bits per heavy atom. The van der Waals surface area contributed by atoms with Crippen LogP contribution in [-0.2, 0) is 0 Å². The van der Waals surface area contributed by atoms with Crippen molar-refractivity contribution in [1.29, 1.82) is 0 Å². The maximum Gasteiger partial charge on any atom is 0.319 e. The highest BCUT2D eigenvalue weighted by molar-refractivity contribution is 5.89. The lowest BCUT2D eigenvalue weighted by Crippen LogP contribution is -2.34. The molecule has 2 amide bonds. The molecule has 3 N–H and O–H groups in total. The quantitative estimate of drug-likeness (QED) is 0.788. The average Bonchev–Trinajstić information content (AvgIpc) is 3.02. The summed E-state index contributed by atoms with van der Waals surface area (Å²) < 4.78 is 11.8. The first-order chi connectivity index (χ1) is 9.71. The zero-order chi connectivity index (χ0) is 14.0. The van der Waals surface area contributed by atoms with Crippen LogP contribution in [0.25, 0.3) is 0 Å². The van der Waals surface area contributed by atoms with Crippen molar-refractivity contribution in [2.24, 2.45) is 0 Å². The molecule has 0 radical (unpaired) electrons. The van der Waals surface area contributed by atoms with Crippen molar-refractivity contribution in [3.63, 3.8) is 0 Å². The van der Waals surface area contributed by atoms with Gasteiger partial charge < -0.3 is 25.2 Å². The van der Waals surface area contributed by atoms with Gasteiger partial charge in [0.1, 0.15) is 0 Å². The maximum absolute atomic E-state index is 11.5. The van der Waals surface area contributed by atoms with E-state index in [-0.39, 0.29) is 19.2 Å². The van der Waals surface area contributed by atoms with Crippen LogP contribution in [0, 0.1) is 0 Å². The lowest BCUT2D eigenvalue weighted by atomic mass is 10.2. The topological polar surface area (TPSA) is 79.8 Å². The van der Waals surface area contributed by atoms with Crippen molar-refractivity contribution in [2.75, 3.05) is 18.5 Å². The summed E-state index contributed by atoms with van der Waals surface area (Å²) in [6.07, 6.45) is 4.04. The van der Waals surface area contributed by atoms with E-state index in [4.69, 9.17) is 14.6 Å². The zero-order valence-electron chi connectivity index (χ0n) is 11.1. The molecule has 0 unspecified atom stereocenters. The fourth-order valence-electron chi connectivity index (χ4n) is 2.63. The Bertz CT molecular complexity index is 512. The van der Waals surface area contributed by atoms with Crippen molar-refractivity contribution in [3.05, 3.63) is 18.2 Å². The van der Waals surface area contributed by atoms with E-state index in [1.165, 1.54) is 0 Å². The van der Waals surface area contributed by atoms with E-state index < -0.39 is 5.79 Å². The number of aliphatic hydroxyl groups is 1. The van der Waals surface area contributed by atoms with Crippen LogP contribution in [0.15, 0.2) is 18.2 Å². The molecule has 1 spiro atoms. The molecule has 1 aliphatic carbocycles. The molecule has 1 heterocycles. The van der Waals surface area contributed by atoms with E-state index in [0.29, 0.717) is 11.4 Å². The second kappa shape index (κ2) is 5.20. The third kappa shape index (κ3) is 2.51. The summed E-state index contributed by atoms with van der Waals surface area (Å²) in [5.41, 5.74) is 0.637. The molecule has 1 fully saturated rings. The number of anilines is 1. The summed E-state index contributed by atoms with van der Waals surface area (Å²) in [4.78, 5) is 11.5. The minimum Gasteiger partial charge on any atom is -0.448 e. The molecule has 1 aromatic carbocycles. The van der Waals surface area contributed by atoms with Crippen LogP contribution in [-0.4, -0.2) is 30.1 Å². The Morgan fingerprint density at radius 2 is 2.00 bits per heavy atom. The van der Waals surface area contributed by atoms with E-state index >= 15 is 0 Å². The van der Waals surface area contributed by atoms with Gasteiger partial charge in [0.25, 0.3) is 5.79 Å². The SMILES string of the molecule is O=C(NCCO)Nc1ccc2c(c1)OC1(CCCC1)O2. The van der Waals surface area contributed by atoms with Crippen LogP contribution in [0.5, 0.6) is 11.5 Å². The summed E-state index contributed by atoms with van der Waals surface area (Å²) >= 11 is 0. The molecule has 20 heavy (non-hydrogen) atoms. The Labute approximate surface area is 117 Å².